The number of nitro groups is 1. The fraction of sp³-hybridized carbons (Fsp3) is 0.278. The number of fused-ring (bicyclic) bond motifs is 1. The first-order valence-corrected chi connectivity index (χ1v) is 11.5. The van der Waals surface area contributed by atoms with E-state index in [9.17, 15) is 28.1 Å². The maximum absolute atomic E-state index is 12.8. The summed E-state index contributed by atoms with van der Waals surface area (Å²) in [4.78, 5) is 41.5. The number of benzene rings is 1. The van der Waals surface area contributed by atoms with Gasteiger partial charge in [0, 0.05) is 38.3 Å². The molecule has 0 unspecified atom stereocenters. The van der Waals surface area contributed by atoms with Crippen molar-refractivity contribution in [2.45, 2.75) is 11.4 Å². The van der Waals surface area contributed by atoms with Gasteiger partial charge in [-0.25, -0.2) is 13.4 Å². The number of carbonyl (C=O) groups excluding carboxylic acids is 1. The van der Waals surface area contributed by atoms with Crippen LogP contribution in [0.5, 0.6) is 0 Å². The van der Waals surface area contributed by atoms with Gasteiger partial charge in [0.05, 0.1) is 21.5 Å². The zero-order chi connectivity index (χ0) is 22.2. The van der Waals surface area contributed by atoms with Gasteiger partial charge in [0.25, 0.3) is 11.2 Å². The van der Waals surface area contributed by atoms with Crippen molar-refractivity contribution < 1.29 is 18.1 Å². The van der Waals surface area contributed by atoms with Crippen molar-refractivity contribution >= 4 is 43.2 Å². The number of aromatic nitrogens is 2. The van der Waals surface area contributed by atoms with Gasteiger partial charge in [0.1, 0.15) is 11.4 Å². The number of hydrogen-bond acceptors (Lipinski definition) is 8. The van der Waals surface area contributed by atoms with E-state index in [0.29, 0.717) is 10.2 Å². The van der Waals surface area contributed by atoms with Crippen molar-refractivity contribution in [2.75, 3.05) is 26.2 Å². The highest BCUT2D eigenvalue weighted by molar-refractivity contribution is 7.89. The van der Waals surface area contributed by atoms with Gasteiger partial charge < -0.3 is 4.90 Å². The van der Waals surface area contributed by atoms with Crippen molar-refractivity contribution in [3.63, 3.8) is 0 Å². The lowest BCUT2D eigenvalue weighted by atomic mass is 10.3. The Hall–Kier alpha value is -3.16. The highest BCUT2D eigenvalue weighted by Gasteiger charge is 2.30. The highest BCUT2D eigenvalue weighted by Crippen LogP contribution is 2.21. The number of amides is 1. The lowest BCUT2D eigenvalue weighted by Gasteiger charge is -2.34. The maximum atomic E-state index is 12.8. The maximum Gasteiger partial charge on any atom is 0.269 e. The van der Waals surface area contributed by atoms with E-state index >= 15 is 0 Å². The van der Waals surface area contributed by atoms with Crippen LogP contribution in [0.2, 0.25) is 0 Å². The van der Waals surface area contributed by atoms with Gasteiger partial charge in [-0.3, -0.25) is 24.3 Å². The fourth-order valence-corrected chi connectivity index (χ4v) is 5.46. The van der Waals surface area contributed by atoms with Crippen LogP contribution < -0.4 is 5.56 Å². The number of nitrogens with zero attached hydrogens (tertiary/aromatic N) is 5. The summed E-state index contributed by atoms with van der Waals surface area (Å²) in [5, 5.41) is 13.0. The second kappa shape index (κ2) is 8.17. The standard InChI is InChI=1S/C18H17N5O6S2/c24-16(11-21-12-19-17-15(18(21)25)5-10-30-17)20-6-8-22(9-7-20)31(28,29)14-3-1-13(2-4-14)23(26)27/h1-5,10,12H,6-9,11H2. The first kappa shape index (κ1) is 21.1. The van der Waals surface area contributed by atoms with Gasteiger partial charge in [0.15, 0.2) is 0 Å². The molecule has 1 aromatic carbocycles. The summed E-state index contributed by atoms with van der Waals surface area (Å²) in [6, 6.07) is 6.35. The molecule has 31 heavy (non-hydrogen) atoms. The SMILES string of the molecule is O=C(Cn1cnc2sccc2c1=O)N1CCN(S(=O)(=O)c2ccc([N+](=O)[O-])cc2)CC1. The molecule has 0 N–H and O–H groups in total. The van der Waals surface area contributed by atoms with Crippen LogP contribution in [0.4, 0.5) is 5.69 Å². The third-order valence-electron chi connectivity index (χ3n) is 5.03. The summed E-state index contributed by atoms with van der Waals surface area (Å²) >= 11 is 1.34. The van der Waals surface area contributed by atoms with Gasteiger partial charge >= 0.3 is 0 Å². The topological polar surface area (TPSA) is 136 Å². The molecule has 1 amide bonds. The first-order chi connectivity index (χ1) is 14.8. The summed E-state index contributed by atoms with van der Waals surface area (Å²) in [5.74, 6) is -0.300. The molecule has 1 aliphatic rings. The normalized spacial score (nSPS) is 15.3. The zero-order valence-corrected chi connectivity index (χ0v) is 17.7. The number of non-ortho nitro benzene ring substituents is 1. The van der Waals surface area contributed by atoms with E-state index in [-0.39, 0.29) is 54.8 Å². The Morgan fingerprint density at radius 1 is 1.13 bits per heavy atom. The fourth-order valence-electron chi connectivity index (χ4n) is 3.32. The lowest BCUT2D eigenvalue weighted by molar-refractivity contribution is -0.384. The quantitative estimate of drug-likeness (QED) is 0.405. The van der Waals surface area contributed by atoms with E-state index in [1.165, 1.54) is 43.6 Å². The monoisotopic (exact) mass is 463 g/mol. The largest absolute Gasteiger partial charge is 0.338 e. The van der Waals surface area contributed by atoms with Gasteiger partial charge in [-0.05, 0) is 23.6 Å². The lowest BCUT2D eigenvalue weighted by Crippen LogP contribution is -2.51. The highest BCUT2D eigenvalue weighted by atomic mass is 32.2. The summed E-state index contributed by atoms with van der Waals surface area (Å²) < 4.78 is 28.0. The van der Waals surface area contributed by atoms with Crippen LogP contribution in [0.15, 0.2) is 51.7 Å². The molecule has 0 saturated carbocycles. The number of nitro benzene ring substituents is 1. The molecule has 13 heteroatoms. The predicted octanol–water partition coefficient (Wildman–Crippen LogP) is 0.899. The van der Waals surface area contributed by atoms with E-state index in [2.05, 4.69) is 4.98 Å². The van der Waals surface area contributed by atoms with Crippen molar-refractivity contribution in [3.8, 4) is 0 Å². The van der Waals surface area contributed by atoms with E-state index < -0.39 is 14.9 Å². The number of piperazine rings is 1. The predicted molar refractivity (Wildman–Crippen MR) is 112 cm³/mol. The molecule has 0 spiro atoms. The molecule has 1 saturated heterocycles. The number of carbonyl (C=O) groups is 1. The molecule has 3 aromatic rings. The second-order valence-corrected chi connectivity index (χ2v) is 9.69. The average molecular weight is 463 g/mol. The molecule has 1 fully saturated rings. The van der Waals surface area contributed by atoms with Crippen molar-refractivity contribution in [3.05, 3.63) is 62.5 Å². The molecule has 0 radical (unpaired) electrons. The van der Waals surface area contributed by atoms with E-state index in [0.717, 1.165) is 12.1 Å². The minimum atomic E-state index is -3.83. The Labute approximate surface area is 180 Å². The Balaban J connectivity index is 1.41. The van der Waals surface area contributed by atoms with Crippen molar-refractivity contribution in [1.29, 1.82) is 0 Å². The summed E-state index contributed by atoms with van der Waals surface area (Å²) in [7, 11) is -3.83. The molecule has 2 aromatic heterocycles. The molecule has 162 valence electrons. The minimum Gasteiger partial charge on any atom is -0.338 e. The van der Waals surface area contributed by atoms with Crippen LogP contribution in [-0.4, -0.2) is 64.2 Å². The summed E-state index contributed by atoms with van der Waals surface area (Å²) in [5.41, 5.74) is -0.487. The molecule has 1 aliphatic heterocycles. The molecule has 3 heterocycles. The van der Waals surface area contributed by atoms with E-state index in [4.69, 9.17) is 0 Å². The molecule has 11 nitrogen and oxygen atoms in total. The van der Waals surface area contributed by atoms with Crippen LogP contribution >= 0.6 is 11.3 Å². The third kappa shape index (κ3) is 4.06. The van der Waals surface area contributed by atoms with E-state index in [1.807, 2.05) is 0 Å². The zero-order valence-electron chi connectivity index (χ0n) is 16.1. The molecule has 0 aliphatic carbocycles. The van der Waals surface area contributed by atoms with Crippen LogP contribution in [0.1, 0.15) is 0 Å². The van der Waals surface area contributed by atoms with Crippen LogP contribution in [0.25, 0.3) is 10.2 Å². The Morgan fingerprint density at radius 3 is 2.45 bits per heavy atom. The Kier molecular flexibility index (Phi) is 5.56. The van der Waals surface area contributed by atoms with Crippen LogP contribution in [-0.2, 0) is 21.4 Å². The van der Waals surface area contributed by atoms with Gasteiger partial charge in [-0.2, -0.15) is 4.31 Å². The van der Waals surface area contributed by atoms with Crippen LogP contribution in [0, 0.1) is 10.1 Å². The molecular weight excluding hydrogens is 446 g/mol. The number of sulfonamides is 1. The first-order valence-electron chi connectivity index (χ1n) is 9.22. The smallest absolute Gasteiger partial charge is 0.269 e. The van der Waals surface area contributed by atoms with Crippen molar-refractivity contribution in [1.82, 2.24) is 18.8 Å². The molecule has 0 atom stereocenters. The molecule has 0 bridgehead atoms. The Bertz CT molecular complexity index is 1310. The number of rotatable bonds is 5. The average Bonchev–Trinajstić information content (AvgIpc) is 3.25. The van der Waals surface area contributed by atoms with Crippen molar-refractivity contribution in [2.24, 2.45) is 0 Å². The molecular formula is C18H17N5O6S2. The van der Waals surface area contributed by atoms with Gasteiger partial charge in [-0.15, -0.1) is 11.3 Å². The second-order valence-electron chi connectivity index (χ2n) is 6.85. The van der Waals surface area contributed by atoms with E-state index in [1.54, 1.807) is 11.4 Å². The third-order valence-corrected chi connectivity index (χ3v) is 7.77. The number of hydrogen-bond donors (Lipinski definition) is 0. The number of thiophene rings is 1. The molecule has 4 rings (SSSR count). The van der Waals surface area contributed by atoms with Gasteiger partial charge in [0.2, 0.25) is 15.9 Å². The van der Waals surface area contributed by atoms with Gasteiger partial charge in [-0.1, -0.05) is 0 Å². The summed E-state index contributed by atoms with van der Waals surface area (Å²) in [6.45, 7) is 0.345. The van der Waals surface area contributed by atoms with Crippen LogP contribution in [0.3, 0.4) is 0 Å². The summed E-state index contributed by atoms with van der Waals surface area (Å²) in [6.07, 6.45) is 1.34. The Morgan fingerprint density at radius 2 is 1.81 bits per heavy atom. The minimum absolute atomic E-state index is 0.0421.